The molecule has 1 amide bonds. The molecule has 152 valence electrons. The largest absolute Gasteiger partial charge is 0.468 e. The number of rotatable bonds is 3. The van der Waals surface area contributed by atoms with Crippen LogP contribution >= 0.6 is 15.9 Å². The molecule has 2 aromatic heterocycles. The number of fused-ring (bicyclic) bond motifs is 1. The summed E-state index contributed by atoms with van der Waals surface area (Å²) in [6.07, 6.45) is 2.93. The summed E-state index contributed by atoms with van der Waals surface area (Å²) >= 11 is 3.59. The second-order valence-corrected chi connectivity index (χ2v) is 8.71. The number of halogens is 1. The Morgan fingerprint density at radius 2 is 1.96 bits per heavy atom. The summed E-state index contributed by atoms with van der Waals surface area (Å²) in [4.78, 5) is 30.2. The number of aromatic nitrogens is 3. The molecule has 1 fully saturated rings. The van der Waals surface area contributed by atoms with Crippen LogP contribution in [0.2, 0.25) is 0 Å². The molecule has 28 heavy (non-hydrogen) atoms. The van der Waals surface area contributed by atoms with Crippen molar-refractivity contribution in [2.24, 2.45) is 0 Å². The fourth-order valence-electron chi connectivity index (χ4n) is 3.33. The molecule has 1 aliphatic heterocycles. The van der Waals surface area contributed by atoms with Crippen molar-refractivity contribution in [1.82, 2.24) is 19.7 Å². The number of hydrogen-bond donors (Lipinski definition) is 0. The zero-order chi connectivity index (χ0) is 20.5. The van der Waals surface area contributed by atoms with Crippen LogP contribution in [-0.4, -0.2) is 57.5 Å². The average Bonchev–Trinajstić information content (AvgIpc) is 3.00. The van der Waals surface area contributed by atoms with Gasteiger partial charge in [-0.2, -0.15) is 5.10 Å². The standard InChI is InChI=1S/C19H25BrN4O4/c1-19(2,3)28-18(26)23-9-6-12(7-10-23)16-15-13(20)5-8-21-17(15)24(22-16)11-14(25)27-4/h5,8,12H,6-7,9-11H2,1-4H3. The van der Waals surface area contributed by atoms with E-state index in [2.05, 4.69) is 26.0 Å². The number of amides is 1. The number of piperidine rings is 1. The maximum Gasteiger partial charge on any atom is 0.410 e. The normalized spacial score (nSPS) is 15.7. The Morgan fingerprint density at radius 3 is 2.57 bits per heavy atom. The van der Waals surface area contributed by atoms with Gasteiger partial charge in [-0.1, -0.05) is 0 Å². The number of likely N-dealkylation sites (tertiary alicyclic amines) is 1. The van der Waals surface area contributed by atoms with E-state index in [1.54, 1.807) is 15.8 Å². The van der Waals surface area contributed by atoms with Gasteiger partial charge in [0.2, 0.25) is 0 Å². The van der Waals surface area contributed by atoms with E-state index in [4.69, 9.17) is 9.47 Å². The van der Waals surface area contributed by atoms with Crippen molar-refractivity contribution in [3.63, 3.8) is 0 Å². The first-order valence-electron chi connectivity index (χ1n) is 9.25. The number of carbonyl (C=O) groups is 2. The average molecular weight is 453 g/mol. The van der Waals surface area contributed by atoms with Gasteiger partial charge in [-0.3, -0.25) is 4.79 Å². The topological polar surface area (TPSA) is 86.6 Å². The highest BCUT2D eigenvalue weighted by Gasteiger charge is 2.30. The van der Waals surface area contributed by atoms with E-state index in [0.717, 1.165) is 28.4 Å². The lowest BCUT2D eigenvalue weighted by Crippen LogP contribution is -2.41. The van der Waals surface area contributed by atoms with Crippen molar-refractivity contribution < 1.29 is 19.1 Å². The minimum absolute atomic E-state index is 0.00715. The fourth-order valence-corrected chi connectivity index (χ4v) is 3.83. The van der Waals surface area contributed by atoms with Crippen molar-refractivity contribution in [3.05, 3.63) is 22.4 Å². The molecule has 1 saturated heterocycles. The summed E-state index contributed by atoms with van der Waals surface area (Å²) in [5.74, 6) is -0.210. The third kappa shape index (κ3) is 4.45. The summed E-state index contributed by atoms with van der Waals surface area (Å²) in [7, 11) is 1.35. The summed E-state index contributed by atoms with van der Waals surface area (Å²) in [5.41, 5.74) is 1.03. The van der Waals surface area contributed by atoms with Gasteiger partial charge in [-0.05, 0) is 55.6 Å². The molecule has 3 heterocycles. The predicted octanol–water partition coefficient (Wildman–Crippen LogP) is 3.48. The van der Waals surface area contributed by atoms with Crippen LogP contribution in [0.3, 0.4) is 0 Å². The molecule has 0 saturated carbocycles. The summed E-state index contributed by atoms with van der Waals surface area (Å²) in [6, 6.07) is 1.87. The van der Waals surface area contributed by atoms with Crippen LogP contribution in [0, 0.1) is 0 Å². The van der Waals surface area contributed by atoms with Crippen LogP contribution in [0.5, 0.6) is 0 Å². The van der Waals surface area contributed by atoms with Crippen molar-refractivity contribution in [3.8, 4) is 0 Å². The third-order valence-electron chi connectivity index (χ3n) is 4.65. The third-order valence-corrected chi connectivity index (χ3v) is 5.31. The van der Waals surface area contributed by atoms with E-state index in [1.165, 1.54) is 7.11 Å². The van der Waals surface area contributed by atoms with E-state index >= 15 is 0 Å². The number of carbonyl (C=O) groups excluding carboxylic acids is 2. The van der Waals surface area contributed by atoms with Crippen molar-refractivity contribution in [1.29, 1.82) is 0 Å². The molecule has 0 radical (unpaired) electrons. The molecule has 0 aromatic carbocycles. The highest BCUT2D eigenvalue weighted by Crippen LogP contribution is 2.35. The van der Waals surface area contributed by atoms with Gasteiger partial charge in [0.15, 0.2) is 5.65 Å². The number of nitrogens with zero attached hydrogens (tertiary/aromatic N) is 4. The molecule has 9 heteroatoms. The first-order valence-corrected chi connectivity index (χ1v) is 10.0. The van der Waals surface area contributed by atoms with E-state index in [1.807, 2.05) is 26.8 Å². The molecule has 0 bridgehead atoms. The van der Waals surface area contributed by atoms with E-state index in [-0.39, 0.29) is 24.5 Å². The SMILES string of the molecule is COC(=O)Cn1nc(C2CCN(C(=O)OC(C)(C)C)CC2)c2c(Br)ccnc21. The zero-order valence-corrected chi connectivity index (χ0v) is 18.2. The maximum absolute atomic E-state index is 12.3. The van der Waals surface area contributed by atoms with Crippen LogP contribution in [0.1, 0.15) is 45.2 Å². The maximum atomic E-state index is 12.3. The van der Waals surface area contributed by atoms with Crippen LogP contribution < -0.4 is 0 Å². The highest BCUT2D eigenvalue weighted by molar-refractivity contribution is 9.10. The molecule has 1 aliphatic rings. The van der Waals surface area contributed by atoms with Crippen LogP contribution in [0.15, 0.2) is 16.7 Å². The Bertz CT molecular complexity index is 882. The minimum atomic E-state index is -0.507. The first kappa shape index (κ1) is 20.6. The number of hydrogen-bond acceptors (Lipinski definition) is 6. The molecule has 0 spiro atoms. The second-order valence-electron chi connectivity index (χ2n) is 7.85. The minimum Gasteiger partial charge on any atom is -0.468 e. The first-order chi connectivity index (χ1) is 13.2. The Balaban J connectivity index is 1.81. The molecule has 0 N–H and O–H groups in total. The van der Waals surface area contributed by atoms with Crippen molar-refractivity contribution >= 4 is 39.0 Å². The number of methoxy groups -OCH3 is 1. The molecular weight excluding hydrogens is 428 g/mol. The van der Waals surface area contributed by atoms with Crippen LogP contribution in [0.4, 0.5) is 4.79 Å². The van der Waals surface area contributed by atoms with E-state index in [0.29, 0.717) is 18.7 Å². The molecule has 8 nitrogen and oxygen atoms in total. The lowest BCUT2D eigenvalue weighted by molar-refractivity contribution is -0.141. The molecule has 3 rings (SSSR count). The van der Waals surface area contributed by atoms with Gasteiger partial charge < -0.3 is 14.4 Å². The smallest absolute Gasteiger partial charge is 0.410 e. The molecular formula is C19H25BrN4O4. The lowest BCUT2D eigenvalue weighted by atomic mass is 9.92. The van der Waals surface area contributed by atoms with Crippen LogP contribution in [-0.2, 0) is 20.8 Å². The van der Waals surface area contributed by atoms with Gasteiger partial charge >= 0.3 is 12.1 Å². The summed E-state index contributed by atoms with van der Waals surface area (Å²) < 4.78 is 12.7. The molecule has 0 atom stereocenters. The quantitative estimate of drug-likeness (QED) is 0.662. The van der Waals surface area contributed by atoms with Gasteiger partial charge in [-0.25, -0.2) is 14.5 Å². The Labute approximate surface area is 172 Å². The van der Waals surface area contributed by atoms with Crippen molar-refractivity contribution in [2.75, 3.05) is 20.2 Å². The summed E-state index contributed by atoms with van der Waals surface area (Å²) in [6.45, 7) is 6.80. The fraction of sp³-hybridized carbons (Fsp3) is 0.579. The van der Waals surface area contributed by atoms with Crippen molar-refractivity contribution in [2.45, 2.75) is 51.7 Å². The zero-order valence-electron chi connectivity index (χ0n) is 16.6. The monoisotopic (exact) mass is 452 g/mol. The van der Waals surface area contributed by atoms with Crippen LogP contribution in [0.25, 0.3) is 11.0 Å². The predicted molar refractivity (Wildman–Crippen MR) is 107 cm³/mol. The molecule has 0 unspecified atom stereocenters. The second kappa shape index (κ2) is 8.06. The highest BCUT2D eigenvalue weighted by atomic mass is 79.9. The number of ether oxygens (including phenoxy) is 2. The Hall–Kier alpha value is -2.16. The van der Waals surface area contributed by atoms with Gasteiger partial charge in [0, 0.05) is 29.7 Å². The summed E-state index contributed by atoms with van der Waals surface area (Å²) in [5, 5.41) is 5.58. The number of esters is 1. The Kier molecular flexibility index (Phi) is 5.92. The van der Waals surface area contributed by atoms with Gasteiger partial charge in [0.05, 0.1) is 18.2 Å². The van der Waals surface area contributed by atoms with E-state index < -0.39 is 5.60 Å². The lowest BCUT2D eigenvalue weighted by Gasteiger charge is -2.33. The molecule has 0 aliphatic carbocycles. The molecule has 2 aromatic rings. The van der Waals surface area contributed by atoms with Gasteiger partial charge in [0.1, 0.15) is 12.1 Å². The Morgan fingerprint density at radius 1 is 1.29 bits per heavy atom. The van der Waals surface area contributed by atoms with E-state index in [9.17, 15) is 9.59 Å². The number of pyridine rings is 1. The van der Waals surface area contributed by atoms with Gasteiger partial charge in [-0.15, -0.1) is 0 Å². The van der Waals surface area contributed by atoms with Gasteiger partial charge in [0.25, 0.3) is 0 Å².